The molecule has 1 aliphatic heterocycles. The van der Waals surface area contributed by atoms with E-state index >= 15 is 0 Å². The van der Waals surface area contributed by atoms with Gasteiger partial charge in [-0.05, 0) is 18.1 Å². The van der Waals surface area contributed by atoms with Crippen LogP contribution in [0.3, 0.4) is 0 Å². The molecule has 0 spiro atoms. The topological polar surface area (TPSA) is 41.6 Å². The number of nitrogens with zero attached hydrogens (tertiary/aromatic N) is 2. The first kappa shape index (κ1) is 10.0. The molecule has 0 bridgehead atoms. The molecule has 1 aliphatic rings. The van der Waals surface area contributed by atoms with Gasteiger partial charge >= 0.3 is 0 Å². The summed E-state index contributed by atoms with van der Waals surface area (Å²) in [5, 5.41) is 6.43. The van der Waals surface area contributed by atoms with Gasteiger partial charge in [-0.3, -0.25) is 5.01 Å². The van der Waals surface area contributed by atoms with Crippen molar-refractivity contribution in [3.8, 4) is 0 Å². The van der Waals surface area contributed by atoms with E-state index in [2.05, 4.69) is 31.1 Å². The van der Waals surface area contributed by atoms with E-state index in [-0.39, 0.29) is 0 Å². The van der Waals surface area contributed by atoms with Crippen LogP contribution >= 0.6 is 0 Å². The fourth-order valence-electron chi connectivity index (χ4n) is 1.90. The molecule has 0 aromatic heterocycles. The highest BCUT2D eigenvalue weighted by atomic mass is 15.5. The van der Waals surface area contributed by atoms with Crippen LogP contribution in [0.2, 0.25) is 0 Å². The average Bonchev–Trinajstić information content (AvgIpc) is 2.62. The van der Waals surface area contributed by atoms with Crippen molar-refractivity contribution in [3.63, 3.8) is 0 Å². The molecule has 1 aromatic carbocycles. The Bertz CT molecular complexity index is 356. The predicted octanol–water partition coefficient (Wildman–Crippen LogP) is 2.19. The van der Waals surface area contributed by atoms with Gasteiger partial charge in [0, 0.05) is 6.42 Å². The molecule has 0 aliphatic carbocycles. The van der Waals surface area contributed by atoms with Crippen LogP contribution in [0.25, 0.3) is 0 Å². The van der Waals surface area contributed by atoms with Gasteiger partial charge in [-0.2, -0.15) is 5.10 Å². The largest absolute Gasteiger partial charge is 0.386 e. The molecule has 1 heterocycles. The van der Waals surface area contributed by atoms with Crippen molar-refractivity contribution in [2.75, 3.05) is 5.01 Å². The number of nitrogens with two attached hydrogens (primary N) is 1. The zero-order chi connectivity index (χ0) is 10.8. The van der Waals surface area contributed by atoms with Crippen molar-refractivity contribution in [1.29, 1.82) is 0 Å². The van der Waals surface area contributed by atoms with E-state index in [1.54, 1.807) is 0 Å². The monoisotopic (exact) mass is 203 g/mol. The lowest BCUT2D eigenvalue weighted by atomic mass is 10.0. The second-order valence-corrected chi connectivity index (χ2v) is 4.29. The Morgan fingerprint density at radius 1 is 1.33 bits per heavy atom. The number of anilines is 1. The molecule has 1 unspecified atom stereocenters. The van der Waals surface area contributed by atoms with Gasteiger partial charge < -0.3 is 5.73 Å². The minimum atomic E-state index is 0.396. The van der Waals surface area contributed by atoms with Crippen LogP contribution < -0.4 is 10.7 Å². The number of rotatable bonds is 2. The van der Waals surface area contributed by atoms with Gasteiger partial charge in [0.15, 0.2) is 0 Å². The van der Waals surface area contributed by atoms with Crippen LogP contribution in [-0.2, 0) is 0 Å². The summed E-state index contributed by atoms with van der Waals surface area (Å²) in [5.74, 6) is 1.28. The molecule has 3 nitrogen and oxygen atoms in total. The van der Waals surface area contributed by atoms with Crippen molar-refractivity contribution in [2.45, 2.75) is 26.3 Å². The van der Waals surface area contributed by atoms with E-state index < -0.39 is 0 Å². The molecule has 1 atom stereocenters. The molecule has 15 heavy (non-hydrogen) atoms. The summed E-state index contributed by atoms with van der Waals surface area (Å²) in [7, 11) is 0. The third-order valence-electron chi connectivity index (χ3n) is 2.76. The minimum Gasteiger partial charge on any atom is -0.386 e. The average molecular weight is 203 g/mol. The first-order valence-corrected chi connectivity index (χ1v) is 5.35. The van der Waals surface area contributed by atoms with E-state index in [0.29, 0.717) is 12.0 Å². The maximum absolute atomic E-state index is 5.80. The van der Waals surface area contributed by atoms with Gasteiger partial charge in [-0.25, -0.2) is 0 Å². The highest BCUT2D eigenvalue weighted by molar-refractivity contribution is 5.85. The molecule has 0 amide bonds. The lowest BCUT2D eigenvalue weighted by molar-refractivity contribution is 0.491. The normalized spacial score (nSPS) is 20.9. The first-order valence-electron chi connectivity index (χ1n) is 5.35. The summed E-state index contributed by atoms with van der Waals surface area (Å²) in [6.07, 6.45) is 0.868. The smallest absolute Gasteiger partial charge is 0.122 e. The summed E-state index contributed by atoms with van der Waals surface area (Å²) in [4.78, 5) is 0. The molecule has 0 saturated carbocycles. The number of hydrazone groups is 1. The van der Waals surface area contributed by atoms with Gasteiger partial charge in [0.05, 0.1) is 11.7 Å². The zero-order valence-electron chi connectivity index (χ0n) is 9.22. The lowest BCUT2D eigenvalue weighted by Crippen LogP contribution is -2.31. The van der Waals surface area contributed by atoms with Crippen LogP contribution in [0, 0.1) is 5.92 Å². The quantitative estimate of drug-likeness (QED) is 0.800. The second kappa shape index (κ2) is 3.93. The Kier molecular flexibility index (Phi) is 2.62. The number of para-hydroxylation sites is 1. The third-order valence-corrected chi connectivity index (χ3v) is 2.76. The van der Waals surface area contributed by atoms with Gasteiger partial charge in [0.25, 0.3) is 0 Å². The van der Waals surface area contributed by atoms with E-state index in [0.717, 1.165) is 17.9 Å². The summed E-state index contributed by atoms with van der Waals surface area (Å²) in [6.45, 7) is 4.41. The summed E-state index contributed by atoms with van der Waals surface area (Å²) in [5.41, 5.74) is 6.92. The highest BCUT2D eigenvalue weighted by Gasteiger charge is 2.28. The van der Waals surface area contributed by atoms with Crippen molar-refractivity contribution >= 4 is 11.5 Å². The van der Waals surface area contributed by atoms with E-state index in [4.69, 9.17) is 5.73 Å². The first-order chi connectivity index (χ1) is 7.18. The van der Waals surface area contributed by atoms with E-state index in [9.17, 15) is 0 Å². The van der Waals surface area contributed by atoms with Crippen LogP contribution in [0.15, 0.2) is 35.4 Å². The van der Waals surface area contributed by atoms with Gasteiger partial charge in [0.2, 0.25) is 0 Å². The number of amidine groups is 1. The summed E-state index contributed by atoms with van der Waals surface area (Å²) in [6, 6.07) is 10.6. The molecule has 2 rings (SSSR count). The number of hydrogen-bond donors (Lipinski definition) is 1. The van der Waals surface area contributed by atoms with Crippen molar-refractivity contribution in [3.05, 3.63) is 30.3 Å². The molecular weight excluding hydrogens is 186 g/mol. The Morgan fingerprint density at radius 3 is 2.60 bits per heavy atom. The Balaban J connectivity index is 2.27. The number of benzene rings is 1. The standard InChI is InChI=1S/C12H17N3/c1-9(2)11-8-12(13)14-15(11)10-6-4-3-5-7-10/h3-7,9,11H,8H2,1-2H3,(H2,13,14). The van der Waals surface area contributed by atoms with Crippen LogP contribution in [0.1, 0.15) is 20.3 Å². The van der Waals surface area contributed by atoms with E-state index in [1.165, 1.54) is 0 Å². The number of hydrogen-bond acceptors (Lipinski definition) is 3. The fourth-order valence-corrected chi connectivity index (χ4v) is 1.90. The molecule has 1 aromatic rings. The van der Waals surface area contributed by atoms with Gasteiger partial charge in [-0.1, -0.05) is 32.0 Å². The fraction of sp³-hybridized carbons (Fsp3) is 0.417. The Hall–Kier alpha value is -1.51. The van der Waals surface area contributed by atoms with Crippen molar-refractivity contribution < 1.29 is 0 Å². The van der Waals surface area contributed by atoms with Crippen LogP contribution in [-0.4, -0.2) is 11.9 Å². The highest BCUT2D eigenvalue weighted by Crippen LogP contribution is 2.27. The zero-order valence-corrected chi connectivity index (χ0v) is 9.22. The van der Waals surface area contributed by atoms with Gasteiger partial charge in [0.1, 0.15) is 5.84 Å². The Morgan fingerprint density at radius 2 is 2.00 bits per heavy atom. The molecule has 0 saturated heterocycles. The maximum Gasteiger partial charge on any atom is 0.122 e. The third kappa shape index (κ3) is 1.96. The lowest BCUT2D eigenvalue weighted by Gasteiger charge is -2.26. The molecule has 2 N–H and O–H groups in total. The van der Waals surface area contributed by atoms with Crippen LogP contribution in [0.5, 0.6) is 0 Å². The summed E-state index contributed by atoms with van der Waals surface area (Å²) < 4.78 is 0. The predicted molar refractivity (Wildman–Crippen MR) is 63.8 cm³/mol. The molecule has 0 radical (unpaired) electrons. The maximum atomic E-state index is 5.80. The van der Waals surface area contributed by atoms with E-state index in [1.807, 2.05) is 23.2 Å². The molecular formula is C12H17N3. The SMILES string of the molecule is CC(C)C1CC(N)=NN1c1ccccc1. The second-order valence-electron chi connectivity index (χ2n) is 4.29. The van der Waals surface area contributed by atoms with Crippen LogP contribution in [0.4, 0.5) is 5.69 Å². The van der Waals surface area contributed by atoms with Gasteiger partial charge in [-0.15, -0.1) is 0 Å². The Labute approximate surface area is 90.6 Å². The molecule has 0 fully saturated rings. The minimum absolute atomic E-state index is 0.396. The summed E-state index contributed by atoms with van der Waals surface area (Å²) >= 11 is 0. The molecule has 80 valence electrons. The molecule has 3 heteroatoms. The van der Waals surface area contributed by atoms with Crippen molar-refractivity contribution in [1.82, 2.24) is 0 Å². The van der Waals surface area contributed by atoms with Crippen molar-refractivity contribution in [2.24, 2.45) is 16.8 Å².